The van der Waals surface area contributed by atoms with Crippen LogP contribution in [0.4, 0.5) is 0 Å². The summed E-state index contributed by atoms with van der Waals surface area (Å²) in [5, 5.41) is 15.7. The SMILES string of the molecule is Cc1ccc(-c2nnn(CC(=O)NC3C4CCCC3CC(N)C4)n2)cc1.Cl. The van der Waals surface area contributed by atoms with Crippen molar-refractivity contribution in [3.8, 4) is 11.4 Å². The van der Waals surface area contributed by atoms with Crippen LogP contribution in [0.15, 0.2) is 24.3 Å². The van der Waals surface area contributed by atoms with E-state index in [1.807, 2.05) is 31.2 Å². The van der Waals surface area contributed by atoms with Crippen LogP contribution in [0, 0.1) is 18.8 Å². The van der Waals surface area contributed by atoms with E-state index < -0.39 is 0 Å². The van der Waals surface area contributed by atoms with E-state index in [9.17, 15) is 4.79 Å². The largest absolute Gasteiger partial charge is 0.351 e. The third-order valence-electron chi connectivity index (χ3n) is 5.75. The van der Waals surface area contributed by atoms with Crippen molar-refractivity contribution in [1.29, 1.82) is 0 Å². The molecular weight excluding hydrogens is 364 g/mol. The molecule has 7 nitrogen and oxygen atoms in total. The number of hydrogen-bond acceptors (Lipinski definition) is 5. The number of benzene rings is 1. The number of aryl methyl sites for hydroxylation is 1. The van der Waals surface area contributed by atoms with Crippen LogP contribution in [-0.2, 0) is 11.3 Å². The lowest BCUT2D eigenvalue weighted by Gasteiger charge is -2.45. The third kappa shape index (κ3) is 4.47. The first-order valence-electron chi connectivity index (χ1n) is 9.48. The Bertz CT molecular complexity index is 763. The molecule has 146 valence electrons. The highest BCUT2D eigenvalue weighted by molar-refractivity contribution is 5.85. The molecule has 1 heterocycles. The number of tetrazole rings is 1. The second-order valence-corrected chi connectivity index (χ2v) is 7.79. The minimum Gasteiger partial charge on any atom is -0.351 e. The van der Waals surface area contributed by atoms with Crippen LogP contribution in [-0.4, -0.2) is 38.2 Å². The van der Waals surface area contributed by atoms with Crippen molar-refractivity contribution < 1.29 is 4.79 Å². The number of fused-ring (bicyclic) bond motifs is 2. The van der Waals surface area contributed by atoms with Gasteiger partial charge >= 0.3 is 0 Å². The Morgan fingerprint density at radius 1 is 1.22 bits per heavy atom. The number of amides is 1. The van der Waals surface area contributed by atoms with Crippen LogP contribution in [0.1, 0.15) is 37.7 Å². The number of carbonyl (C=O) groups is 1. The van der Waals surface area contributed by atoms with E-state index in [0.29, 0.717) is 17.7 Å². The highest BCUT2D eigenvalue weighted by atomic mass is 35.5. The van der Waals surface area contributed by atoms with Gasteiger partial charge in [0.1, 0.15) is 6.54 Å². The lowest BCUT2D eigenvalue weighted by atomic mass is 9.67. The van der Waals surface area contributed by atoms with E-state index in [4.69, 9.17) is 5.73 Å². The summed E-state index contributed by atoms with van der Waals surface area (Å²) in [6.45, 7) is 2.13. The lowest BCUT2D eigenvalue weighted by Crippen LogP contribution is -2.54. The van der Waals surface area contributed by atoms with Gasteiger partial charge in [-0.1, -0.05) is 36.2 Å². The summed E-state index contributed by atoms with van der Waals surface area (Å²) in [6, 6.07) is 8.47. The molecule has 8 heteroatoms. The molecule has 27 heavy (non-hydrogen) atoms. The number of halogens is 1. The van der Waals surface area contributed by atoms with E-state index in [2.05, 4.69) is 20.7 Å². The summed E-state index contributed by atoms with van der Waals surface area (Å²) in [5.41, 5.74) is 8.24. The van der Waals surface area contributed by atoms with Gasteiger partial charge in [0.25, 0.3) is 0 Å². The number of nitrogens with two attached hydrogens (primary N) is 1. The van der Waals surface area contributed by atoms with Crippen LogP contribution in [0.25, 0.3) is 11.4 Å². The molecule has 4 rings (SSSR count). The van der Waals surface area contributed by atoms with Gasteiger partial charge in [0, 0.05) is 17.6 Å². The summed E-state index contributed by atoms with van der Waals surface area (Å²) in [7, 11) is 0. The first kappa shape index (κ1) is 19.8. The zero-order valence-corrected chi connectivity index (χ0v) is 16.4. The van der Waals surface area contributed by atoms with Gasteiger partial charge in [-0.15, -0.1) is 22.6 Å². The van der Waals surface area contributed by atoms with Gasteiger partial charge < -0.3 is 11.1 Å². The molecule has 2 unspecified atom stereocenters. The fourth-order valence-corrected chi connectivity index (χ4v) is 4.51. The molecule has 2 saturated carbocycles. The molecule has 1 aromatic carbocycles. The minimum atomic E-state index is -0.0461. The summed E-state index contributed by atoms with van der Waals surface area (Å²) < 4.78 is 0. The van der Waals surface area contributed by atoms with Crippen LogP contribution in [0.2, 0.25) is 0 Å². The van der Waals surface area contributed by atoms with Gasteiger partial charge in [-0.3, -0.25) is 4.79 Å². The van der Waals surface area contributed by atoms with Crippen LogP contribution >= 0.6 is 12.4 Å². The second kappa shape index (κ2) is 8.35. The Labute approximate surface area is 165 Å². The first-order valence-corrected chi connectivity index (χ1v) is 9.48. The lowest BCUT2D eigenvalue weighted by molar-refractivity contribution is -0.124. The van der Waals surface area contributed by atoms with Gasteiger partial charge in [0.15, 0.2) is 0 Å². The first-order chi connectivity index (χ1) is 12.6. The topological polar surface area (TPSA) is 98.7 Å². The average molecular weight is 391 g/mol. The second-order valence-electron chi connectivity index (χ2n) is 7.79. The van der Waals surface area contributed by atoms with E-state index >= 15 is 0 Å². The van der Waals surface area contributed by atoms with Gasteiger partial charge in [0.05, 0.1) is 0 Å². The molecule has 1 amide bonds. The standard InChI is InChI=1S/C19H26N6O.ClH/c1-12-5-7-13(8-6-12)19-22-24-25(23-19)11-17(26)21-18-14-3-2-4-15(18)10-16(20)9-14;/h5-8,14-16,18H,2-4,9-11,20H2,1H3,(H,21,26);1H. The number of aromatic nitrogens is 4. The van der Waals surface area contributed by atoms with Crippen molar-refractivity contribution in [3.63, 3.8) is 0 Å². The zero-order chi connectivity index (χ0) is 18.1. The van der Waals surface area contributed by atoms with Crippen molar-refractivity contribution in [2.45, 2.75) is 57.7 Å². The van der Waals surface area contributed by atoms with Gasteiger partial charge in [-0.25, -0.2) is 0 Å². The van der Waals surface area contributed by atoms with E-state index in [-0.39, 0.29) is 36.9 Å². The Kier molecular flexibility index (Phi) is 6.11. The molecule has 2 aliphatic carbocycles. The molecule has 1 aromatic heterocycles. The Balaban J connectivity index is 0.00000210. The fraction of sp³-hybridized carbons (Fsp3) is 0.579. The summed E-state index contributed by atoms with van der Waals surface area (Å²) in [4.78, 5) is 13.9. The Morgan fingerprint density at radius 2 is 1.89 bits per heavy atom. The van der Waals surface area contributed by atoms with Crippen molar-refractivity contribution >= 4 is 18.3 Å². The summed E-state index contributed by atoms with van der Waals surface area (Å²) in [6.07, 6.45) is 5.60. The highest BCUT2D eigenvalue weighted by Crippen LogP contribution is 2.39. The predicted octanol–water partition coefficient (Wildman–Crippen LogP) is 2.09. The molecule has 2 aromatic rings. The molecule has 0 spiro atoms. The number of hydrogen-bond donors (Lipinski definition) is 2. The number of nitrogens with zero attached hydrogens (tertiary/aromatic N) is 4. The molecule has 3 N–H and O–H groups in total. The van der Waals surface area contributed by atoms with Crippen molar-refractivity contribution in [3.05, 3.63) is 29.8 Å². The zero-order valence-electron chi connectivity index (χ0n) is 15.5. The highest BCUT2D eigenvalue weighted by Gasteiger charge is 2.39. The monoisotopic (exact) mass is 390 g/mol. The summed E-state index contributed by atoms with van der Waals surface area (Å²) >= 11 is 0. The van der Waals surface area contributed by atoms with Crippen LogP contribution in [0.5, 0.6) is 0 Å². The minimum absolute atomic E-state index is 0. The van der Waals surface area contributed by atoms with E-state index in [1.165, 1.54) is 16.8 Å². The van der Waals surface area contributed by atoms with Crippen LogP contribution < -0.4 is 11.1 Å². The number of nitrogens with one attached hydrogen (secondary N) is 1. The smallest absolute Gasteiger partial charge is 0.243 e. The molecule has 2 atom stereocenters. The van der Waals surface area contributed by atoms with Crippen molar-refractivity contribution in [2.75, 3.05) is 0 Å². The third-order valence-corrected chi connectivity index (χ3v) is 5.75. The van der Waals surface area contributed by atoms with Crippen molar-refractivity contribution in [2.24, 2.45) is 17.6 Å². The molecule has 0 aliphatic heterocycles. The Morgan fingerprint density at radius 3 is 2.56 bits per heavy atom. The maximum Gasteiger partial charge on any atom is 0.243 e. The predicted molar refractivity (Wildman–Crippen MR) is 105 cm³/mol. The average Bonchev–Trinajstić information content (AvgIpc) is 3.04. The molecule has 2 bridgehead atoms. The Hall–Kier alpha value is -1.99. The number of rotatable bonds is 4. The maximum absolute atomic E-state index is 12.5. The number of carbonyl (C=O) groups excluding carboxylic acids is 1. The fourth-order valence-electron chi connectivity index (χ4n) is 4.51. The molecule has 2 aliphatic rings. The molecular formula is C19H27ClN6O. The molecule has 0 radical (unpaired) electrons. The quantitative estimate of drug-likeness (QED) is 0.832. The van der Waals surface area contributed by atoms with Crippen molar-refractivity contribution in [1.82, 2.24) is 25.5 Å². The van der Waals surface area contributed by atoms with E-state index in [0.717, 1.165) is 31.2 Å². The normalized spacial score (nSPS) is 26.9. The molecule has 0 saturated heterocycles. The maximum atomic E-state index is 12.5. The summed E-state index contributed by atoms with van der Waals surface area (Å²) in [5.74, 6) is 1.51. The van der Waals surface area contributed by atoms with E-state index in [1.54, 1.807) is 0 Å². The van der Waals surface area contributed by atoms with Gasteiger partial charge in [0.2, 0.25) is 11.7 Å². The van der Waals surface area contributed by atoms with Crippen LogP contribution in [0.3, 0.4) is 0 Å². The van der Waals surface area contributed by atoms with Gasteiger partial charge in [-0.05, 0) is 49.7 Å². The van der Waals surface area contributed by atoms with Gasteiger partial charge in [-0.2, -0.15) is 4.80 Å². The molecule has 2 fully saturated rings.